The summed E-state index contributed by atoms with van der Waals surface area (Å²) in [5, 5.41) is 49.7. The third-order valence-electron chi connectivity index (χ3n) is 5.54. The Bertz CT molecular complexity index is 1300. The minimum absolute atomic E-state index is 0.137. The fourth-order valence-corrected chi connectivity index (χ4v) is 3.72. The van der Waals surface area contributed by atoms with E-state index in [4.69, 9.17) is 23.4 Å². The zero-order chi connectivity index (χ0) is 25.4. The average Bonchev–Trinajstić information content (AvgIpc) is 2.83. The van der Waals surface area contributed by atoms with Gasteiger partial charge in [0.15, 0.2) is 22.9 Å². The Morgan fingerprint density at radius 1 is 0.971 bits per heavy atom. The fraction of sp³-hybridized carbons (Fsp3) is 0.304. The highest BCUT2D eigenvalue weighted by Crippen LogP contribution is 2.42. The third-order valence-corrected chi connectivity index (χ3v) is 5.54. The first-order valence-electron chi connectivity index (χ1n) is 10.3. The van der Waals surface area contributed by atoms with E-state index in [1.54, 1.807) is 24.3 Å². The zero-order valence-corrected chi connectivity index (χ0v) is 18.4. The lowest BCUT2D eigenvalue weighted by atomic mass is 9.99. The highest BCUT2D eigenvalue weighted by Gasteiger charge is 2.48. The summed E-state index contributed by atoms with van der Waals surface area (Å²) in [6.45, 7) is 0. The van der Waals surface area contributed by atoms with Gasteiger partial charge in [-0.05, 0) is 24.3 Å². The van der Waals surface area contributed by atoms with Crippen LogP contribution in [-0.4, -0.2) is 76.4 Å². The molecule has 0 spiro atoms. The Hall–Kier alpha value is -3.84. The number of methoxy groups -OCH3 is 2. The van der Waals surface area contributed by atoms with Gasteiger partial charge in [0.2, 0.25) is 12.0 Å². The molecule has 1 aromatic heterocycles. The van der Waals surface area contributed by atoms with Gasteiger partial charge < -0.3 is 48.9 Å². The van der Waals surface area contributed by atoms with E-state index >= 15 is 0 Å². The van der Waals surface area contributed by atoms with Crippen molar-refractivity contribution in [3.63, 3.8) is 0 Å². The molecule has 5 atom stereocenters. The Kier molecular flexibility index (Phi) is 6.54. The molecule has 2 aromatic carbocycles. The number of hydrogen-bond acceptors (Lipinski definition) is 11. The van der Waals surface area contributed by atoms with Gasteiger partial charge in [0.1, 0.15) is 41.0 Å². The Balaban J connectivity index is 1.80. The number of phenols is 1. The number of fused-ring (bicyclic) bond motifs is 1. The summed E-state index contributed by atoms with van der Waals surface area (Å²) in [6.07, 6.45) is -9.37. The molecule has 1 fully saturated rings. The van der Waals surface area contributed by atoms with Crippen LogP contribution in [0.3, 0.4) is 0 Å². The van der Waals surface area contributed by atoms with Gasteiger partial charge in [0.25, 0.3) is 0 Å². The molecule has 0 saturated carbocycles. The second-order valence-corrected chi connectivity index (χ2v) is 7.69. The van der Waals surface area contributed by atoms with Gasteiger partial charge in [-0.1, -0.05) is 0 Å². The van der Waals surface area contributed by atoms with Crippen molar-refractivity contribution in [3.8, 4) is 34.3 Å². The molecule has 4 rings (SSSR count). The average molecular weight is 490 g/mol. The summed E-state index contributed by atoms with van der Waals surface area (Å²) in [4.78, 5) is 24.2. The van der Waals surface area contributed by atoms with Crippen molar-refractivity contribution >= 4 is 16.9 Å². The minimum atomic E-state index is -1.92. The number of carbonyl (C=O) groups is 1. The quantitative estimate of drug-likeness (QED) is 0.322. The maximum Gasteiger partial charge on any atom is 0.335 e. The fourth-order valence-electron chi connectivity index (χ4n) is 3.72. The molecule has 1 aliphatic rings. The minimum Gasteiger partial charge on any atom is -0.507 e. The molecular weight excluding hydrogens is 468 g/mol. The van der Waals surface area contributed by atoms with Gasteiger partial charge in [0.05, 0.1) is 14.2 Å². The van der Waals surface area contributed by atoms with Crippen LogP contribution in [0.15, 0.2) is 45.6 Å². The summed E-state index contributed by atoms with van der Waals surface area (Å²) in [7, 11) is 2.74. The van der Waals surface area contributed by atoms with Gasteiger partial charge >= 0.3 is 5.97 Å². The number of hydrogen-bond donors (Lipinski definition) is 5. The van der Waals surface area contributed by atoms with Crippen molar-refractivity contribution in [2.24, 2.45) is 0 Å². The van der Waals surface area contributed by atoms with E-state index in [1.165, 1.54) is 20.3 Å². The first-order valence-corrected chi connectivity index (χ1v) is 10.3. The van der Waals surface area contributed by atoms with Gasteiger partial charge in [-0.15, -0.1) is 0 Å². The summed E-state index contributed by atoms with van der Waals surface area (Å²) < 4.78 is 27.0. The van der Waals surface area contributed by atoms with Crippen molar-refractivity contribution < 1.29 is 53.7 Å². The van der Waals surface area contributed by atoms with Crippen LogP contribution in [0, 0.1) is 0 Å². The SMILES string of the molecule is COc1ccc(-c2cc(=O)c3c(O)cc(O[C@@H]4OC(C(=O)O)[C@@H](O)[C@H](O)C4O)c(OC)c3o2)cc1. The Morgan fingerprint density at radius 3 is 2.26 bits per heavy atom. The largest absolute Gasteiger partial charge is 0.507 e. The number of aliphatic hydroxyl groups excluding tert-OH is 3. The Labute approximate surface area is 197 Å². The number of rotatable bonds is 6. The van der Waals surface area contributed by atoms with Crippen molar-refractivity contribution in [1.29, 1.82) is 0 Å². The predicted molar refractivity (Wildman–Crippen MR) is 118 cm³/mol. The lowest BCUT2D eigenvalue weighted by molar-refractivity contribution is -0.271. The van der Waals surface area contributed by atoms with Crippen LogP contribution in [0.5, 0.6) is 23.0 Å². The number of aliphatic carboxylic acids is 1. The molecule has 1 saturated heterocycles. The van der Waals surface area contributed by atoms with E-state index in [2.05, 4.69) is 0 Å². The van der Waals surface area contributed by atoms with E-state index in [0.717, 1.165) is 6.07 Å². The first-order chi connectivity index (χ1) is 16.7. The topological polar surface area (TPSA) is 185 Å². The molecule has 0 aliphatic carbocycles. The summed E-state index contributed by atoms with van der Waals surface area (Å²) in [6, 6.07) is 8.81. The maximum absolute atomic E-state index is 12.8. The van der Waals surface area contributed by atoms with Crippen LogP contribution in [0.1, 0.15) is 0 Å². The molecular formula is C23H22O12. The van der Waals surface area contributed by atoms with Gasteiger partial charge in [0, 0.05) is 17.7 Å². The summed E-state index contributed by atoms with van der Waals surface area (Å²) in [5.74, 6) is -1.89. The molecule has 0 radical (unpaired) electrons. The number of aromatic hydroxyl groups is 1. The summed E-state index contributed by atoms with van der Waals surface area (Å²) >= 11 is 0. The lowest BCUT2D eigenvalue weighted by Crippen LogP contribution is -2.61. The first kappa shape index (κ1) is 24.3. The molecule has 0 bridgehead atoms. The Morgan fingerprint density at radius 2 is 1.66 bits per heavy atom. The van der Waals surface area contributed by atoms with Crippen LogP contribution in [0.25, 0.3) is 22.3 Å². The van der Waals surface area contributed by atoms with E-state index in [-0.39, 0.29) is 28.2 Å². The van der Waals surface area contributed by atoms with E-state index < -0.39 is 47.9 Å². The molecule has 12 nitrogen and oxygen atoms in total. The number of aliphatic hydroxyl groups is 3. The number of benzene rings is 2. The maximum atomic E-state index is 12.8. The van der Waals surface area contributed by atoms with Crippen LogP contribution in [0.4, 0.5) is 0 Å². The van der Waals surface area contributed by atoms with Crippen molar-refractivity contribution in [3.05, 3.63) is 46.6 Å². The third kappa shape index (κ3) is 4.35. The van der Waals surface area contributed by atoms with E-state index in [1.807, 2.05) is 0 Å². The normalized spacial score (nSPS) is 24.2. The van der Waals surface area contributed by atoms with Crippen molar-refractivity contribution in [2.75, 3.05) is 14.2 Å². The van der Waals surface area contributed by atoms with E-state index in [9.17, 15) is 35.1 Å². The molecule has 2 unspecified atom stereocenters. The molecule has 0 amide bonds. The number of phenolic OH excluding ortho intramolecular Hbond substituents is 1. The number of carboxylic acids is 1. The molecule has 12 heteroatoms. The second-order valence-electron chi connectivity index (χ2n) is 7.69. The van der Waals surface area contributed by atoms with Crippen LogP contribution < -0.4 is 19.6 Å². The van der Waals surface area contributed by atoms with Gasteiger partial charge in [-0.25, -0.2) is 4.79 Å². The molecule has 186 valence electrons. The molecule has 35 heavy (non-hydrogen) atoms. The standard InChI is InChI=1S/C23H22O12/c1-31-10-5-3-9(4-6-10)13-7-11(24)15-12(25)8-14(19(32-2)20(15)33-13)34-23-18(28)16(26)17(27)21(35-23)22(29)30/h3-8,16-18,21,23,25-28H,1-2H3,(H,29,30)/t16-,17-,18?,21?,23+/m0/s1. The van der Waals surface area contributed by atoms with Gasteiger partial charge in [-0.3, -0.25) is 4.79 Å². The smallest absolute Gasteiger partial charge is 0.335 e. The van der Waals surface area contributed by atoms with Gasteiger partial charge in [-0.2, -0.15) is 0 Å². The van der Waals surface area contributed by atoms with Crippen molar-refractivity contribution in [1.82, 2.24) is 0 Å². The monoisotopic (exact) mass is 490 g/mol. The van der Waals surface area contributed by atoms with E-state index in [0.29, 0.717) is 11.3 Å². The number of ether oxygens (including phenoxy) is 4. The predicted octanol–water partition coefficient (Wildman–Crippen LogP) is 0.454. The molecule has 1 aliphatic heterocycles. The highest BCUT2D eigenvalue weighted by atomic mass is 16.7. The highest BCUT2D eigenvalue weighted by molar-refractivity contribution is 5.91. The molecule has 2 heterocycles. The zero-order valence-electron chi connectivity index (χ0n) is 18.4. The molecule has 3 aromatic rings. The van der Waals surface area contributed by atoms with Crippen LogP contribution in [-0.2, 0) is 9.53 Å². The lowest BCUT2D eigenvalue weighted by Gasteiger charge is -2.38. The van der Waals surface area contributed by atoms with Crippen LogP contribution in [0.2, 0.25) is 0 Å². The van der Waals surface area contributed by atoms with Crippen molar-refractivity contribution in [2.45, 2.75) is 30.7 Å². The second kappa shape index (κ2) is 9.43. The number of carboxylic acid groups (broad SMARTS) is 1. The summed E-state index contributed by atoms with van der Waals surface area (Å²) in [5.41, 5.74) is -0.260. The van der Waals surface area contributed by atoms with Crippen LogP contribution >= 0.6 is 0 Å². The molecule has 5 N–H and O–H groups in total.